The van der Waals surface area contributed by atoms with E-state index in [0.717, 1.165) is 55.9 Å². The Bertz CT molecular complexity index is 572. The average Bonchev–Trinajstić information content (AvgIpc) is 2.56. The van der Waals surface area contributed by atoms with Crippen molar-refractivity contribution in [1.82, 2.24) is 0 Å². The van der Waals surface area contributed by atoms with Gasteiger partial charge in [0.2, 0.25) is 0 Å². The zero-order valence-electron chi connectivity index (χ0n) is 11.5. The number of hydrogen-bond acceptors (Lipinski definition) is 3. The summed E-state index contributed by atoms with van der Waals surface area (Å²) in [6.45, 7) is 3.50. The first kappa shape index (κ1) is 13.0. The van der Waals surface area contributed by atoms with Crippen molar-refractivity contribution < 1.29 is 4.74 Å². The minimum absolute atomic E-state index is 0.800. The Morgan fingerprint density at radius 1 is 1.10 bits per heavy atom. The maximum atomic E-state index is 9.22. The lowest BCUT2D eigenvalue weighted by Gasteiger charge is -2.29. The average molecular weight is 266 g/mol. The van der Waals surface area contributed by atoms with Crippen molar-refractivity contribution in [2.75, 3.05) is 31.2 Å². The van der Waals surface area contributed by atoms with Crippen molar-refractivity contribution in [3.63, 3.8) is 0 Å². The van der Waals surface area contributed by atoms with Gasteiger partial charge in [0.1, 0.15) is 0 Å². The largest absolute Gasteiger partial charge is 0.378 e. The third kappa shape index (κ3) is 2.61. The topological polar surface area (TPSA) is 36.3 Å². The number of morpholine rings is 1. The van der Waals surface area contributed by atoms with Crippen LogP contribution < -0.4 is 4.90 Å². The van der Waals surface area contributed by atoms with E-state index in [2.05, 4.69) is 47.4 Å². The van der Waals surface area contributed by atoms with E-state index in [1.165, 1.54) is 5.69 Å². The fourth-order valence-corrected chi connectivity index (χ4v) is 2.72. The highest BCUT2D eigenvalue weighted by Crippen LogP contribution is 2.28. The Balaban J connectivity index is 1.84. The molecule has 1 fully saturated rings. The molecule has 0 aromatic heterocycles. The van der Waals surface area contributed by atoms with E-state index in [-0.39, 0.29) is 0 Å². The second-order valence-electron chi connectivity index (χ2n) is 5.09. The van der Waals surface area contributed by atoms with Gasteiger partial charge < -0.3 is 9.64 Å². The molecule has 1 aromatic rings. The first-order chi connectivity index (χ1) is 9.88. The SMILES string of the molecule is N#CC1=C(c2ccc(N3CCOCC3)cc2)C=CCC1. The Labute approximate surface area is 119 Å². The van der Waals surface area contributed by atoms with Gasteiger partial charge in [-0.1, -0.05) is 24.3 Å². The summed E-state index contributed by atoms with van der Waals surface area (Å²) >= 11 is 0. The van der Waals surface area contributed by atoms with Crippen molar-refractivity contribution in [2.24, 2.45) is 0 Å². The van der Waals surface area contributed by atoms with Crippen LogP contribution in [0.4, 0.5) is 5.69 Å². The third-order valence-corrected chi connectivity index (χ3v) is 3.86. The zero-order valence-corrected chi connectivity index (χ0v) is 11.5. The summed E-state index contributed by atoms with van der Waals surface area (Å²) in [7, 11) is 0. The lowest BCUT2D eigenvalue weighted by molar-refractivity contribution is 0.122. The molecule has 3 rings (SSSR count). The smallest absolute Gasteiger partial charge is 0.0953 e. The molecule has 0 atom stereocenters. The molecule has 1 aliphatic carbocycles. The predicted molar refractivity (Wildman–Crippen MR) is 80.4 cm³/mol. The normalized spacial score (nSPS) is 19.1. The molecule has 3 nitrogen and oxygen atoms in total. The first-order valence-electron chi connectivity index (χ1n) is 7.11. The molecule has 1 aliphatic heterocycles. The van der Waals surface area contributed by atoms with E-state index >= 15 is 0 Å². The number of nitriles is 1. The number of hydrogen-bond donors (Lipinski definition) is 0. The molecule has 20 heavy (non-hydrogen) atoms. The lowest BCUT2D eigenvalue weighted by atomic mass is 9.93. The van der Waals surface area contributed by atoms with Crippen LogP contribution >= 0.6 is 0 Å². The number of anilines is 1. The Morgan fingerprint density at radius 2 is 1.85 bits per heavy atom. The van der Waals surface area contributed by atoms with Crippen LogP contribution in [-0.4, -0.2) is 26.3 Å². The summed E-state index contributed by atoms with van der Waals surface area (Å²) in [5.41, 5.74) is 4.34. The molecule has 1 aromatic carbocycles. The summed E-state index contributed by atoms with van der Waals surface area (Å²) in [6.07, 6.45) is 6.05. The van der Waals surface area contributed by atoms with Crippen LogP contribution in [0, 0.1) is 11.3 Å². The monoisotopic (exact) mass is 266 g/mol. The van der Waals surface area contributed by atoms with E-state index in [4.69, 9.17) is 4.74 Å². The van der Waals surface area contributed by atoms with Gasteiger partial charge in [0.25, 0.3) is 0 Å². The molecule has 1 heterocycles. The highest BCUT2D eigenvalue weighted by atomic mass is 16.5. The van der Waals surface area contributed by atoms with Crippen molar-refractivity contribution >= 4 is 11.3 Å². The minimum Gasteiger partial charge on any atom is -0.378 e. The molecule has 0 unspecified atom stereocenters. The maximum absolute atomic E-state index is 9.22. The number of rotatable bonds is 2. The van der Waals surface area contributed by atoms with Crippen molar-refractivity contribution in [2.45, 2.75) is 12.8 Å². The van der Waals surface area contributed by atoms with E-state index in [0.29, 0.717) is 0 Å². The zero-order chi connectivity index (χ0) is 13.8. The number of ether oxygens (including phenoxy) is 1. The van der Waals surface area contributed by atoms with Crippen LogP contribution in [0.5, 0.6) is 0 Å². The summed E-state index contributed by atoms with van der Waals surface area (Å²) in [6, 6.07) is 10.9. The quantitative estimate of drug-likeness (QED) is 0.825. The van der Waals surface area contributed by atoms with E-state index in [1.807, 2.05) is 0 Å². The highest BCUT2D eigenvalue weighted by Gasteiger charge is 2.13. The van der Waals surface area contributed by atoms with E-state index < -0.39 is 0 Å². The summed E-state index contributed by atoms with van der Waals surface area (Å²) in [5.74, 6) is 0. The second-order valence-corrected chi connectivity index (χ2v) is 5.09. The molecule has 0 radical (unpaired) electrons. The van der Waals surface area contributed by atoms with Crippen LogP contribution in [0.15, 0.2) is 42.0 Å². The fraction of sp³-hybridized carbons (Fsp3) is 0.353. The second kappa shape index (κ2) is 5.94. The van der Waals surface area contributed by atoms with Crippen LogP contribution in [0.2, 0.25) is 0 Å². The molecule has 2 aliphatic rings. The van der Waals surface area contributed by atoms with Gasteiger partial charge in [0.15, 0.2) is 0 Å². The van der Waals surface area contributed by atoms with Gasteiger partial charge in [-0.2, -0.15) is 5.26 Å². The minimum atomic E-state index is 0.800. The standard InChI is InChI=1S/C17H18N2O/c18-13-15-3-1-2-4-17(15)14-5-7-16(8-6-14)19-9-11-20-12-10-19/h2,4-8H,1,3,9-12H2. The van der Waals surface area contributed by atoms with Crippen LogP contribution in [0.3, 0.4) is 0 Å². The maximum Gasteiger partial charge on any atom is 0.0953 e. The van der Waals surface area contributed by atoms with Gasteiger partial charge >= 0.3 is 0 Å². The highest BCUT2D eigenvalue weighted by molar-refractivity contribution is 5.80. The van der Waals surface area contributed by atoms with Gasteiger partial charge in [0.05, 0.1) is 19.3 Å². The number of benzene rings is 1. The van der Waals surface area contributed by atoms with Crippen molar-refractivity contribution in [3.8, 4) is 6.07 Å². The van der Waals surface area contributed by atoms with Crippen LogP contribution in [0.1, 0.15) is 18.4 Å². The van der Waals surface area contributed by atoms with Gasteiger partial charge in [-0.15, -0.1) is 0 Å². The first-order valence-corrected chi connectivity index (χ1v) is 7.11. The molecule has 0 N–H and O–H groups in total. The summed E-state index contributed by atoms with van der Waals surface area (Å²) in [5, 5.41) is 9.22. The van der Waals surface area contributed by atoms with Crippen LogP contribution in [0.25, 0.3) is 5.57 Å². The summed E-state index contributed by atoms with van der Waals surface area (Å²) in [4.78, 5) is 2.34. The molecule has 0 amide bonds. The van der Waals surface area contributed by atoms with E-state index in [9.17, 15) is 5.26 Å². The molecular formula is C17H18N2O. The molecule has 1 saturated heterocycles. The number of allylic oxidation sites excluding steroid dienone is 4. The van der Waals surface area contributed by atoms with Gasteiger partial charge in [0, 0.05) is 24.4 Å². The Morgan fingerprint density at radius 3 is 2.55 bits per heavy atom. The molecule has 0 saturated carbocycles. The fourth-order valence-electron chi connectivity index (χ4n) is 2.72. The molecule has 0 spiro atoms. The molecular weight excluding hydrogens is 248 g/mol. The molecule has 102 valence electrons. The van der Waals surface area contributed by atoms with E-state index in [1.54, 1.807) is 0 Å². The van der Waals surface area contributed by atoms with Crippen LogP contribution in [-0.2, 0) is 4.74 Å². The third-order valence-electron chi connectivity index (χ3n) is 3.86. The Kier molecular flexibility index (Phi) is 3.85. The van der Waals surface area contributed by atoms with Gasteiger partial charge in [-0.3, -0.25) is 0 Å². The Hall–Kier alpha value is -2.05. The van der Waals surface area contributed by atoms with Crippen molar-refractivity contribution in [1.29, 1.82) is 5.26 Å². The molecule has 3 heteroatoms. The summed E-state index contributed by atoms with van der Waals surface area (Å²) < 4.78 is 5.37. The van der Waals surface area contributed by atoms with Gasteiger partial charge in [-0.25, -0.2) is 0 Å². The lowest BCUT2D eigenvalue weighted by Crippen LogP contribution is -2.36. The number of nitrogens with zero attached hydrogens (tertiary/aromatic N) is 2. The molecule has 0 bridgehead atoms. The van der Waals surface area contributed by atoms with Gasteiger partial charge in [-0.05, 0) is 36.1 Å². The van der Waals surface area contributed by atoms with Crippen molar-refractivity contribution in [3.05, 3.63) is 47.6 Å². The predicted octanol–water partition coefficient (Wildman–Crippen LogP) is 3.15.